The van der Waals surface area contributed by atoms with E-state index in [1.165, 1.54) is 51.0 Å². The number of hydrogen-bond acceptors (Lipinski definition) is 4. The van der Waals surface area contributed by atoms with Gasteiger partial charge in [-0.25, -0.2) is 0 Å². The number of hydrogen-bond donors (Lipinski definition) is 1. The summed E-state index contributed by atoms with van der Waals surface area (Å²) in [5, 5.41) is 3.49. The highest BCUT2D eigenvalue weighted by atomic mass is 16.3. The van der Waals surface area contributed by atoms with E-state index in [2.05, 4.69) is 35.0 Å². The Kier molecular flexibility index (Phi) is 4.99. The van der Waals surface area contributed by atoms with Crippen LogP contribution in [0.1, 0.15) is 44.4 Å². The highest BCUT2D eigenvalue weighted by molar-refractivity contribution is 5.17. The second-order valence-electron chi connectivity index (χ2n) is 6.83. The zero-order chi connectivity index (χ0) is 14.7. The number of furan rings is 1. The van der Waals surface area contributed by atoms with Crippen LogP contribution in [0.2, 0.25) is 0 Å². The third-order valence-electron chi connectivity index (χ3n) is 4.79. The summed E-state index contributed by atoms with van der Waals surface area (Å²) >= 11 is 0. The molecule has 21 heavy (non-hydrogen) atoms. The van der Waals surface area contributed by atoms with Gasteiger partial charge in [-0.1, -0.05) is 13.8 Å². The number of fused-ring (bicyclic) bond motifs is 1. The van der Waals surface area contributed by atoms with Crippen molar-refractivity contribution in [1.29, 1.82) is 0 Å². The van der Waals surface area contributed by atoms with E-state index in [1.54, 1.807) is 0 Å². The van der Waals surface area contributed by atoms with Gasteiger partial charge < -0.3 is 9.73 Å². The Labute approximate surface area is 128 Å². The minimum absolute atomic E-state index is 0.512. The summed E-state index contributed by atoms with van der Waals surface area (Å²) in [5.41, 5.74) is 1.32. The minimum atomic E-state index is 0.512. The predicted octanol–water partition coefficient (Wildman–Crippen LogP) is 2.45. The molecule has 3 rings (SSSR count). The molecule has 2 saturated heterocycles. The van der Waals surface area contributed by atoms with Crippen LogP contribution in [0, 0.1) is 0 Å². The van der Waals surface area contributed by atoms with E-state index in [0.717, 1.165) is 24.9 Å². The summed E-state index contributed by atoms with van der Waals surface area (Å²) in [7, 11) is 0. The van der Waals surface area contributed by atoms with Gasteiger partial charge in [-0.15, -0.1) is 0 Å². The van der Waals surface area contributed by atoms with E-state index in [-0.39, 0.29) is 0 Å². The first kappa shape index (κ1) is 15.1. The fourth-order valence-electron chi connectivity index (χ4n) is 3.61. The van der Waals surface area contributed by atoms with Gasteiger partial charge in [0, 0.05) is 30.7 Å². The van der Waals surface area contributed by atoms with Gasteiger partial charge in [-0.05, 0) is 45.0 Å². The molecule has 2 aliphatic rings. The Morgan fingerprint density at radius 3 is 3.00 bits per heavy atom. The third-order valence-corrected chi connectivity index (χ3v) is 4.79. The number of nitrogens with one attached hydrogen (secondary N) is 1. The van der Waals surface area contributed by atoms with Crippen molar-refractivity contribution in [2.24, 2.45) is 0 Å². The van der Waals surface area contributed by atoms with Crippen molar-refractivity contribution in [3.63, 3.8) is 0 Å². The van der Waals surface area contributed by atoms with Crippen molar-refractivity contribution >= 4 is 0 Å². The molecule has 0 bridgehead atoms. The van der Waals surface area contributed by atoms with Crippen LogP contribution in [0.15, 0.2) is 16.7 Å². The van der Waals surface area contributed by atoms with Crippen molar-refractivity contribution in [2.75, 3.05) is 26.2 Å². The van der Waals surface area contributed by atoms with Gasteiger partial charge >= 0.3 is 0 Å². The Morgan fingerprint density at radius 2 is 2.14 bits per heavy atom. The lowest BCUT2D eigenvalue weighted by atomic mass is 10.2. The standard InChI is InChI=1S/C17H29N3O/c1-14(2)18-11-15-6-10-21-17(15)13-19-7-4-9-20-8-3-5-16(20)12-19/h6,10,14,16,18H,3-5,7-9,11-13H2,1-2H3. The Bertz CT molecular complexity index is 443. The molecule has 0 radical (unpaired) electrons. The van der Waals surface area contributed by atoms with Gasteiger partial charge in [0.05, 0.1) is 12.8 Å². The fraction of sp³-hybridized carbons (Fsp3) is 0.765. The zero-order valence-electron chi connectivity index (χ0n) is 13.5. The van der Waals surface area contributed by atoms with Crippen molar-refractivity contribution in [3.05, 3.63) is 23.7 Å². The summed E-state index contributed by atoms with van der Waals surface area (Å²) in [5.74, 6) is 1.15. The molecule has 3 heterocycles. The van der Waals surface area contributed by atoms with Crippen LogP contribution < -0.4 is 5.32 Å². The molecule has 0 aliphatic carbocycles. The molecular weight excluding hydrogens is 262 g/mol. The van der Waals surface area contributed by atoms with Crippen molar-refractivity contribution in [2.45, 2.75) is 58.3 Å². The lowest BCUT2D eigenvalue weighted by molar-refractivity contribution is 0.204. The van der Waals surface area contributed by atoms with E-state index < -0.39 is 0 Å². The van der Waals surface area contributed by atoms with Gasteiger partial charge in [-0.2, -0.15) is 0 Å². The zero-order valence-corrected chi connectivity index (χ0v) is 13.5. The van der Waals surface area contributed by atoms with Gasteiger partial charge in [0.1, 0.15) is 5.76 Å². The lowest BCUT2D eigenvalue weighted by Crippen LogP contribution is -2.36. The van der Waals surface area contributed by atoms with Crippen LogP contribution in [0.4, 0.5) is 0 Å². The topological polar surface area (TPSA) is 31.7 Å². The van der Waals surface area contributed by atoms with Crippen LogP contribution in [0.3, 0.4) is 0 Å². The van der Waals surface area contributed by atoms with Gasteiger partial charge in [0.2, 0.25) is 0 Å². The normalized spacial score (nSPS) is 24.4. The highest BCUT2D eigenvalue weighted by Crippen LogP contribution is 2.23. The maximum Gasteiger partial charge on any atom is 0.122 e. The lowest BCUT2D eigenvalue weighted by Gasteiger charge is -2.25. The largest absolute Gasteiger partial charge is 0.468 e. The van der Waals surface area contributed by atoms with Gasteiger partial charge in [0.25, 0.3) is 0 Å². The second-order valence-corrected chi connectivity index (χ2v) is 6.83. The van der Waals surface area contributed by atoms with Crippen LogP contribution in [-0.2, 0) is 13.1 Å². The predicted molar refractivity (Wildman–Crippen MR) is 85.2 cm³/mol. The fourth-order valence-corrected chi connectivity index (χ4v) is 3.61. The van der Waals surface area contributed by atoms with E-state index in [0.29, 0.717) is 6.04 Å². The van der Waals surface area contributed by atoms with E-state index in [4.69, 9.17) is 4.42 Å². The monoisotopic (exact) mass is 291 g/mol. The Hall–Kier alpha value is -0.840. The molecule has 2 fully saturated rings. The first-order valence-electron chi connectivity index (χ1n) is 8.47. The second kappa shape index (κ2) is 6.95. The van der Waals surface area contributed by atoms with Crippen molar-refractivity contribution in [1.82, 2.24) is 15.1 Å². The maximum absolute atomic E-state index is 5.76. The highest BCUT2D eigenvalue weighted by Gasteiger charge is 2.29. The molecule has 1 atom stereocenters. The quantitative estimate of drug-likeness (QED) is 0.903. The molecule has 118 valence electrons. The molecule has 0 spiro atoms. The maximum atomic E-state index is 5.76. The van der Waals surface area contributed by atoms with E-state index in [9.17, 15) is 0 Å². The molecule has 0 saturated carbocycles. The molecule has 1 aromatic rings. The van der Waals surface area contributed by atoms with Gasteiger partial charge in [0.15, 0.2) is 0 Å². The van der Waals surface area contributed by atoms with Crippen LogP contribution in [0.25, 0.3) is 0 Å². The average Bonchev–Trinajstić information content (AvgIpc) is 3.02. The Morgan fingerprint density at radius 1 is 1.29 bits per heavy atom. The molecule has 0 amide bonds. The SMILES string of the molecule is CC(C)NCc1ccoc1CN1CCCN2CCCC2C1. The van der Waals surface area contributed by atoms with E-state index >= 15 is 0 Å². The minimum Gasteiger partial charge on any atom is -0.468 e. The van der Waals surface area contributed by atoms with Crippen LogP contribution >= 0.6 is 0 Å². The van der Waals surface area contributed by atoms with Crippen molar-refractivity contribution in [3.8, 4) is 0 Å². The Balaban J connectivity index is 1.59. The summed E-state index contributed by atoms with van der Waals surface area (Å²) < 4.78 is 5.76. The smallest absolute Gasteiger partial charge is 0.122 e. The molecule has 1 aromatic heterocycles. The summed E-state index contributed by atoms with van der Waals surface area (Å²) in [6.45, 7) is 11.2. The summed E-state index contributed by atoms with van der Waals surface area (Å²) in [6.07, 6.45) is 5.88. The van der Waals surface area contributed by atoms with Gasteiger partial charge in [-0.3, -0.25) is 9.80 Å². The summed E-state index contributed by atoms with van der Waals surface area (Å²) in [4.78, 5) is 5.27. The number of rotatable bonds is 5. The molecular formula is C17H29N3O. The molecule has 2 aliphatic heterocycles. The average molecular weight is 291 g/mol. The first-order chi connectivity index (χ1) is 10.2. The molecule has 1 unspecified atom stereocenters. The number of nitrogens with zero attached hydrogens (tertiary/aromatic N) is 2. The first-order valence-corrected chi connectivity index (χ1v) is 8.47. The summed E-state index contributed by atoms with van der Waals surface area (Å²) in [6, 6.07) is 3.41. The van der Waals surface area contributed by atoms with E-state index in [1.807, 2.05) is 6.26 Å². The molecule has 4 heteroatoms. The van der Waals surface area contributed by atoms with Crippen LogP contribution in [-0.4, -0.2) is 48.1 Å². The molecule has 1 N–H and O–H groups in total. The van der Waals surface area contributed by atoms with Crippen molar-refractivity contribution < 1.29 is 4.42 Å². The molecule has 4 nitrogen and oxygen atoms in total. The van der Waals surface area contributed by atoms with Crippen LogP contribution in [0.5, 0.6) is 0 Å². The third kappa shape index (κ3) is 3.87. The molecule has 0 aromatic carbocycles.